The molecule has 2 aliphatic rings. The molecule has 2 amide bonds. The summed E-state index contributed by atoms with van der Waals surface area (Å²) in [4.78, 5) is 32.0. The fourth-order valence-corrected chi connectivity index (χ4v) is 4.60. The molecule has 4 rings (SSSR count). The predicted octanol–water partition coefficient (Wildman–Crippen LogP) is 5.30. The molecule has 0 spiro atoms. The Morgan fingerprint density at radius 2 is 1.56 bits per heavy atom. The number of benzene rings is 2. The molecule has 1 atom stereocenters. The Hall–Kier alpha value is -3.06. The zero-order chi connectivity index (χ0) is 25.5. The highest BCUT2D eigenvalue weighted by atomic mass is 16.6. The summed E-state index contributed by atoms with van der Waals surface area (Å²) >= 11 is 0. The molecule has 1 aliphatic carbocycles. The van der Waals surface area contributed by atoms with Crippen molar-refractivity contribution in [1.82, 2.24) is 14.7 Å². The molecule has 1 heterocycles. The SMILES string of the molecule is CC(C)(C)OC(=O)N1CCN(C(=O)OCc2ccccc2)C[C@H]1CCN(Cc1ccccc1)C1CC1. The third-order valence-corrected chi connectivity index (χ3v) is 6.62. The van der Waals surface area contributed by atoms with E-state index in [1.54, 1.807) is 9.80 Å². The number of hydrogen-bond acceptors (Lipinski definition) is 5. The van der Waals surface area contributed by atoms with E-state index < -0.39 is 5.60 Å². The van der Waals surface area contributed by atoms with Crippen molar-refractivity contribution in [1.29, 1.82) is 0 Å². The maximum Gasteiger partial charge on any atom is 0.410 e. The Morgan fingerprint density at radius 3 is 2.17 bits per heavy atom. The van der Waals surface area contributed by atoms with Gasteiger partial charge in [0, 0.05) is 38.8 Å². The summed E-state index contributed by atoms with van der Waals surface area (Å²) in [5.74, 6) is 0. The van der Waals surface area contributed by atoms with Gasteiger partial charge < -0.3 is 19.3 Å². The van der Waals surface area contributed by atoms with Crippen LogP contribution in [0.1, 0.15) is 51.2 Å². The van der Waals surface area contributed by atoms with Crippen molar-refractivity contribution in [2.24, 2.45) is 0 Å². The summed E-state index contributed by atoms with van der Waals surface area (Å²) in [5, 5.41) is 0. The van der Waals surface area contributed by atoms with Gasteiger partial charge in [0.15, 0.2) is 0 Å². The molecule has 2 aromatic rings. The minimum atomic E-state index is -0.569. The van der Waals surface area contributed by atoms with Crippen LogP contribution in [0.15, 0.2) is 60.7 Å². The summed E-state index contributed by atoms with van der Waals surface area (Å²) < 4.78 is 11.3. The lowest BCUT2D eigenvalue weighted by Crippen LogP contribution is -2.58. The normalized spacial score (nSPS) is 18.3. The second-order valence-corrected chi connectivity index (χ2v) is 10.8. The lowest BCUT2D eigenvalue weighted by molar-refractivity contribution is -0.00602. The molecular weight excluding hydrogens is 454 g/mol. The van der Waals surface area contributed by atoms with Gasteiger partial charge in [0.25, 0.3) is 0 Å². The number of nitrogens with zero attached hydrogens (tertiary/aromatic N) is 3. The van der Waals surface area contributed by atoms with Gasteiger partial charge in [-0.1, -0.05) is 60.7 Å². The van der Waals surface area contributed by atoms with Crippen molar-refractivity contribution >= 4 is 12.2 Å². The zero-order valence-corrected chi connectivity index (χ0v) is 21.8. The third-order valence-electron chi connectivity index (χ3n) is 6.62. The fraction of sp³-hybridized carbons (Fsp3) is 0.517. The van der Waals surface area contributed by atoms with E-state index in [0.717, 1.165) is 25.1 Å². The highest BCUT2D eigenvalue weighted by Crippen LogP contribution is 2.29. The minimum absolute atomic E-state index is 0.130. The topological polar surface area (TPSA) is 62.3 Å². The number of carbonyl (C=O) groups excluding carboxylic acids is 2. The number of ether oxygens (including phenoxy) is 2. The molecule has 1 saturated heterocycles. The largest absolute Gasteiger partial charge is 0.445 e. The minimum Gasteiger partial charge on any atom is -0.445 e. The standard InChI is InChI=1S/C29H39N3O4/c1-29(2,3)36-28(34)32-19-18-31(27(33)35-22-24-12-8-5-9-13-24)21-26(32)16-17-30(25-14-15-25)20-23-10-6-4-7-11-23/h4-13,25-26H,14-22H2,1-3H3/t26-/m1/s1. The molecule has 2 aromatic carbocycles. The number of piperazine rings is 1. The Balaban J connectivity index is 1.40. The summed E-state index contributed by atoms with van der Waals surface area (Å²) in [5.41, 5.74) is 1.68. The molecule has 7 nitrogen and oxygen atoms in total. The van der Waals surface area contributed by atoms with Crippen LogP contribution in [-0.4, -0.2) is 70.7 Å². The molecule has 0 bridgehead atoms. The first kappa shape index (κ1) is 26.0. The Bertz CT molecular complexity index is 989. The molecule has 0 radical (unpaired) electrons. The smallest absolute Gasteiger partial charge is 0.410 e. The molecule has 1 saturated carbocycles. The van der Waals surface area contributed by atoms with E-state index in [2.05, 4.69) is 29.2 Å². The number of amides is 2. The van der Waals surface area contributed by atoms with Gasteiger partial charge in [-0.3, -0.25) is 4.90 Å². The number of hydrogen-bond donors (Lipinski definition) is 0. The van der Waals surface area contributed by atoms with Crippen molar-refractivity contribution < 1.29 is 19.1 Å². The van der Waals surface area contributed by atoms with E-state index in [4.69, 9.17) is 9.47 Å². The van der Waals surface area contributed by atoms with Gasteiger partial charge in [0.1, 0.15) is 12.2 Å². The van der Waals surface area contributed by atoms with E-state index in [1.165, 1.54) is 18.4 Å². The molecule has 0 N–H and O–H groups in total. The second-order valence-electron chi connectivity index (χ2n) is 10.8. The highest BCUT2D eigenvalue weighted by Gasteiger charge is 2.37. The average molecular weight is 494 g/mol. The average Bonchev–Trinajstić information content (AvgIpc) is 3.71. The van der Waals surface area contributed by atoms with Gasteiger partial charge in [-0.15, -0.1) is 0 Å². The molecule has 7 heteroatoms. The van der Waals surface area contributed by atoms with Crippen LogP contribution >= 0.6 is 0 Å². The first-order valence-electron chi connectivity index (χ1n) is 13.0. The van der Waals surface area contributed by atoms with Crippen molar-refractivity contribution in [3.05, 3.63) is 71.8 Å². The number of carbonyl (C=O) groups is 2. The van der Waals surface area contributed by atoms with E-state index in [-0.39, 0.29) is 24.8 Å². The maximum absolute atomic E-state index is 13.0. The van der Waals surface area contributed by atoms with Crippen LogP contribution in [0.25, 0.3) is 0 Å². The van der Waals surface area contributed by atoms with Gasteiger partial charge >= 0.3 is 12.2 Å². The summed E-state index contributed by atoms with van der Waals surface area (Å²) in [6.07, 6.45) is 2.54. The molecule has 2 fully saturated rings. The molecule has 36 heavy (non-hydrogen) atoms. The lowest BCUT2D eigenvalue weighted by atomic mass is 10.1. The van der Waals surface area contributed by atoms with E-state index in [9.17, 15) is 9.59 Å². The van der Waals surface area contributed by atoms with Crippen LogP contribution in [0.5, 0.6) is 0 Å². The number of rotatable bonds is 8. The molecular formula is C29H39N3O4. The van der Waals surface area contributed by atoms with Crippen LogP contribution in [0.3, 0.4) is 0 Å². The fourth-order valence-electron chi connectivity index (χ4n) is 4.60. The van der Waals surface area contributed by atoms with Crippen LogP contribution in [-0.2, 0) is 22.6 Å². The Morgan fingerprint density at radius 1 is 0.917 bits per heavy atom. The van der Waals surface area contributed by atoms with Gasteiger partial charge in [0.2, 0.25) is 0 Å². The van der Waals surface area contributed by atoms with Gasteiger partial charge in [-0.25, -0.2) is 9.59 Å². The second kappa shape index (κ2) is 11.8. The maximum atomic E-state index is 13.0. The molecule has 0 unspecified atom stereocenters. The summed E-state index contributed by atoms with van der Waals surface area (Å²) in [7, 11) is 0. The van der Waals surface area contributed by atoms with Crippen molar-refractivity contribution in [2.75, 3.05) is 26.2 Å². The monoisotopic (exact) mass is 493 g/mol. The summed E-state index contributed by atoms with van der Waals surface area (Å²) in [6.45, 7) is 8.94. The highest BCUT2D eigenvalue weighted by molar-refractivity contribution is 5.71. The Kier molecular flexibility index (Phi) is 8.52. The predicted molar refractivity (Wildman–Crippen MR) is 139 cm³/mol. The summed E-state index contributed by atoms with van der Waals surface area (Å²) in [6, 6.07) is 20.7. The van der Waals surface area contributed by atoms with Crippen LogP contribution in [0, 0.1) is 0 Å². The quantitative estimate of drug-likeness (QED) is 0.499. The van der Waals surface area contributed by atoms with E-state index >= 15 is 0 Å². The van der Waals surface area contributed by atoms with Gasteiger partial charge in [0.05, 0.1) is 6.04 Å². The van der Waals surface area contributed by atoms with Gasteiger partial charge in [-0.05, 0) is 51.2 Å². The molecule has 0 aromatic heterocycles. The van der Waals surface area contributed by atoms with Gasteiger partial charge in [-0.2, -0.15) is 0 Å². The van der Waals surface area contributed by atoms with Crippen LogP contribution in [0.4, 0.5) is 9.59 Å². The first-order valence-corrected chi connectivity index (χ1v) is 13.0. The third kappa shape index (κ3) is 7.72. The van der Waals surface area contributed by atoms with Crippen molar-refractivity contribution in [3.8, 4) is 0 Å². The van der Waals surface area contributed by atoms with Crippen molar-refractivity contribution in [2.45, 2.75) is 70.9 Å². The van der Waals surface area contributed by atoms with Crippen molar-refractivity contribution in [3.63, 3.8) is 0 Å². The first-order chi connectivity index (χ1) is 17.3. The van der Waals surface area contributed by atoms with E-state index in [1.807, 2.05) is 57.2 Å². The Labute approximate surface area is 215 Å². The molecule has 1 aliphatic heterocycles. The van der Waals surface area contributed by atoms with Crippen LogP contribution < -0.4 is 0 Å². The van der Waals surface area contributed by atoms with Crippen LogP contribution in [0.2, 0.25) is 0 Å². The lowest BCUT2D eigenvalue weighted by Gasteiger charge is -2.42. The molecule has 194 valence electrons. The van der Waals surface area contributed by atoms with E-state index in [0.29, 0.717) is 25.7 Å². The zero-order valence-electron chi connectivity index (χ0n) is 21.8.